The number of benzene rings is 4. The quantitative estimate of drug-likeness (QED) is 0.0600. The summed E-state index contributed by atoms with van der Waals surface area (Å²) in [5.74, 6) is -1.34. The van der Waals surface area contributed by atoms with Gasteiger partial charge in [-0.3, -0.25) is 23.4 Å². The van der Waals surface area contributed by atoms with Gasteiger partial charge in [-0.25, -0.2) is 9.59 Å². The van der Waals surface area contributed by atoms with E-state index in [0.717, 1.165) is 77.5 Å². The number of carbonyl (C=O) groups is 6. The van der Waals surface area contributed by atoms with E-state index in [2.05, 4.69) is 127 Å². The molecule has 516 valence electrons. The van der Waals surface area contributed by atoms with Gasteiger partial charge in [0, 0.05) is 70.6 Å². The van der Waals surface area contributed by atoms with Gasteiger partial charge in [0.15, 0.2) is 0 Å². The third-order valence-corrected chi connectivity index (χ3v) is 17.2. The van der Waals surface area contributed by atoms with Crippen molar-refractivity contribution in [2.24, 2.45) is 5.41 Å². The fourth-order valence-corrected chi connectivity index (χ4v) is 11.3. The Balaban J connectivity index is 0. The molecule has 0 radical (unpaired) electrons. The largest absolute Gasteiger partial charge is 2.00 e. The molecule has 94 heavy (non-hydrogen) atoms. The number of esters is 2. The number of likely N-dealkylation sites (tertiary alicyclic amines) is 2. The van der Waals surface area contributed by atoms with E-state index in [-0.39, 0.29) is 84.1 Å². The number of carbonyl (C=O) groups excluding carboxylic acids is 6. The number of fused-ring (bicyclic) bond motifs is 1. The SMILES string of the molecule is CCC(C)(C)C(=O)C(=O)N1CCCC1Cc1ccccc1.CC[C-](C)C.COC(=O)C(=O)Cl.COC(=O)C(=O)N1CCCC1Cc1ccccc1.O=S(=O)(Cl)Cl.O=S1(=O)OC[C@@H]2CCCN21.OC[C@@H]1CCCN1.[Cl-].[Li+].[Mg+2].[c-]1ccccc1.c1ccc(CC2CCCN2)cc1. The molecule has 4 aromatic carbocycles. The third-order valence-electron chi connectivity index (χ3n) is 15.5. The number of ketones is 1. The summed E-state index contributed by atoms with van der Waals surface area (Å²) in [5, 5.41) is 14.1. The maximum atomic E-state index is 12.5. The number of rotatable bonds is 12. The van der Waals surface area contributed by atoms with E-state index in [4.69, 9.17) is 13.5 Å². The summed E-state index contributed by atoms with van der Waals surface area (Å²) in [7, 11) is 3.85. The predicted octanol–water partition coefficient (Wildman–Crippen LogP) is 3.81. The van der Waals surface area contributed by atoms with Crippen LogP contribution in [-0.2, 0) is 80.3 Å². The van der Waals surface area contributed by atoms with Gasteiger partial charge < -0.3 is 53.3 Å². The minimum Gasteiger partial charge on any atom is -1.00 e. The Morgan fingerprint density at radius 3 is 1.38 bits per heavy atom. The van der Waals surface area contributed by atoms with Crippen LogP contribution in [0.25, 0.3) is 0 Å². The van der Waals surface area contributed by atoms with E-state index in [1.807, 2.05) is 99.6 Å². The van der Waals surface area contributed by atoms with E-state index in [0.29, 0.717) is 45.3 Å². The van der Waals surface area contributed by atoms with E-state index in [1.54, 1.807) is 9.80 Å². The number of amides is 2. The van der Waals surface area contributed by atoms with Crippen LogP contribution in [0.1, 0.15) is 135 Å². The maximum absolute atomic E-state index is 12.5. The molecule has 0 aliphatic carbocycles. The van der Waals surface area contributed by atoms with Crippen molar-refractivity contribution >= 4 is 109 Å². The summed E-state index contributed by atoms with van der Waals surface area (Å²) in [5.41, 5.74) is 3.31. The van der Waals surface area contributed by atoms with Crippen molar-refractivity contribution in [2.75, 3.05) is 60.2 Å². The minimum atomic E-state index is -3.72. The molecule has 0 bridgehead atoms. The topological polar surface area (TPSA) is 252 Å². The smallest absolute Gasteiger partial charge is 1.00 e. The molecule has 4 aromatic rings. The Morgan fingerprint density at radius 2 is 1.06 bits per heavy atom. The van der Waals surface area contributed by atoms with Gasteiger partial charge in [-0.15, -0.1) is 0 Å². The number of ether oxygens (including phenoxy) is 2. The van der Waals surface area contributed by atoms with Crippen molar-refractivity contribution < 1.29 is 95.6 Å². The fourth-order valence-electron chi connectivity index (χ4n) is 9.85. The fraction of sp³-hybridized carbons (Fsp3) is 0.537. The number of halogens is 4. The first-order valence-electron chi connectivity index (χ1n) is 30.9. The zero-order chi connectivity index (χ0) is 67.8. The average molecular weight is 1430 g/mol. The summed E-state index contributed by atoms with van der Waals surface area (Å²) in [6.07, 6.45) is 15.6. The Labute approximate surface area is 608 Å². The average Bonchev–Trinajstić information content (AvgIpc) is 1.63. The van der Waals surface area contributed by atoms with E-state index >= 15 is 0 Å². The van der Waals surface area contributed by atoms with Crippen LogP contribution in [0.4, 0.5) is 0 Å². The van der Waals surface area contributed by atoms with Crippen LogP contribution in [0.2, 0.25) is 0 Å². The van der Waals surface area contributed by atoms with Gasteiger partial charge in [0.2, 0.25) is 5.78 Å². The molecule has 3 unspecified atom stereocenters. The molecule has 6 aliphatic heterocycles. The number of nitrogens with one attached hydrogen (secondary N) is 2. The molecule has 2 amide bonds. The number of aliphatic hydroxyl groups excluding tert-OH is 1. The van der Waals surface area contributed by atoms with Crippen LogP contribution in [0.15, 0.2) is 121 Å². The number of methoxy groups -OCH3 is 2. The van der Waals surface area contributed by atoms with Gasteiger partial charge in [0.25, 0.3) is 5.91 Å². The normalized spacial score (nSPS) is 19.3. The minimum absolute atomic E-state index is 0. The van der Waals surface area contributed by atoms with Crippen molar-refractivity contribution in [3.8, 4) is 0 Å². The van der Waals surface area contributed by atoms with Crippen molar-refractivity contribution in [1.29, 1.82) is 0 Å². The Bertz CT molecular complexity index is 2910. The summed E-state index contributed by atoms with van der Waals surface area (Å²) in [4.78, 5) is 70.9. The van der Waals surface area contributed by atoms with Gasteiger partial charge in [-0.1, -0.05) is 119 Å². The van der Waals surface area contributed by atoms with E-state index in [9.17, 15) is 37.2 Å². The van der Waals surface area contributed by atoms with Gasteiger partial charge in [-0.2, -0.15) is 77.8 Å². The summed E-state index contributed by atoms with van der Waals surface area (Å²) >= 11 is 4.61. The summed E-state index contributed by atoms with van der Waals surface area (Å²) in [6.45, 7) is 17.1. The molecule has 0 aromatic heterocycles. The Morgan fingerprint density at radius 1 is 0.660 bits per heavy atom. The molecule has 3 N–H and O–H groups in total. The molecule has 27 heteroatoms. The van der Waals surface area contributed by atoms with Crippen LogP contribution in [-0.4, -0.2) is 184 Å². The molecule has 19 nitrogen and oxygen atoms in total. The zero-order valence-electron chi connectivity index (χ0n) is 56.1. The van der Waals surface area contributed by atoms with Crippen molar-refractivity contribution in [1.82, 2.24) is 24.7 Å². The van der Waals surface area contributed by atoms with Crippen LogP contribution in [0.5, 0.6) is 0 Å². The zero-order valence-corrected chi connectivity index (χ0v) is 62.2. The number of hydrogen-bond acceptors (Lipinski definition) is 16. The van der Waals surface area contributed by atoms with Crippen LogP contribution < -0.4 is 41.9 Å². The van der Waals surface area contributed by atoms with Crippen molar-refractivity contribution in [3.05, 3.63) is 150 Å². The van der Waals surface area contributed by atoms with E-state index in [1.165, 1.54) is 72.7 Å². The predicted molar refractivity (Wildman–Crippen MR) is 364 cm³/mol. The Hall–Kier alpha value is -3.68. The first kappa shape index (κ1) is 92.4. The van der Waals surface area contributed by atoms with Gasteiger partial charge in [-0.05, 0) is 131 Å². The second kappa shape index (κ2) is 51.5. The monoisotopic (exact) mass is 1430 g/mol. The first-order valence-corrected chi connectivity index (χ1v) is 35.8. The summed E-state index contributed by atoms with van der Waals surface area (Å²) in [6, 6.07) is 45.0. The van der Waals surface area contributed by atoms with Crippen molar-refractivity contribution in [2.45, 2.75) is 168 Å². The third kappa shape index (κ3) is 39.1. The molecule has 10 rings (SSSR count). The van der Waals surface area contributed by atoms with Gasteiger partial charge >= 0.3 is 83.6 Å². The van der Waals surface area contributed by atoms with Crippen LogP contribution in [0.3, 0.4) is 0 Å². The Kier molecular flexibility index (Phi) is 50.6. The second-order valence-electron chi connectivity index (χ2n) is 22.9. The number of nitrogens with zero attached hydrogens (tertiary/aromatic N) is 3. The van der Waals surface area contributed by atoms with Crippen LogP contribution >= 0.6 is 33.0 Å². The number of hydrogen-bond donors (Lipinski definition) is 3. The molecule has 5 atom stereocenters. The van der Waals surface area contributed by atoms with Gasteiger partial charge in [0.1, 0.15) is 0 Å². The maximum Gasteiger partial charge on any atom is 2.00 e. The van der Waals surface area contributed by atoms with Crippen molar-refractivity contribution in [3.63, 3.8) is 0 Å². The molecular weight excluding hydrogens is 1340 g/mol. The molecular formula is C67H96Cl4LiMgN5O14S2. The van der Waals surface area contributed by atoms with Crippen LogP contribution in [0, 0.1) is 17.4 Å². The molecule has 0 saturated carbocycles. The summed E-state index contributed by atoms with van der Waals surface area (Å²) < 4.78 is 54.7. The second-order valence-corrected chi connectivity index (χ2v) is 28.5. The molecule has 6 saturated heterocycles. The first-order chi connectivity index (χ1) is 43.2. The molecule has 6 heterocycles. The van der Waals surface area contributed by atoms with Gasteiger partial charge in [0.05, 0.1) is 33.5 Å². The number of aliphatic hydroxyl groups is 1. The van der Waals surface area contributed by atoms with E-state index < -0.39 is 47.1 Å². The standard InChI is InChI=1S/C18H25NO2.C14H17NO3.C11H15N.C6H5.C5H9NO3S.C5H11NO.C5H11.C3H3ClO3.Cl2O2S.ClH.Li.Mg/c1-4-18(2,3)16(20)17(21)19-12-8-11-15(19)13-14-9-6-5-7-10-14;1-18-14(17)13(16)15-9-5-8-12(15)10-11-6-3-2-4-7-11;1-2-5-10(6-3-1)9-11-7-4-8-12-11;1-2-4-6-5-3-1;7-10(8)6-3-1-2-5(6)4-9-10;7-4-5-2-1-3-6-5;1-4-5(2)3;1-7-3(6)2(4)5;1-5(2,3)4;;;/h5-7,9-10,15H,4,8,11-13H2,1-3H3;2-4,6-7,12H,5,8-10H2,1H3;1-3,5-6,11-12H,4,7-9H2;1-5H;5H,1-4H2;5-7H,1-4H2;4H2,1-3H3;1H3;;1H;;/q;;;-1;;;-1;;;;+1;+2/p-1/t;;;;2*5-;;;;;;/m....00....../s1. The molecule has 6 fully saturated rings. The molecule has 0 spiro atoms. The number of Topliss-reactive ketones (excluding diaryl/α,β-unsaturated/α-hetero) is 1. The molecule has 6 aliphatic rings.